The summed E-state index contributed by atoms with van der Waals surface area (Å²) in [4.78, 5) is 10.7. The average Bonchev–Trinajstić information content (AvgIpc) is 2.20. The normalized spacial score (nSPS) is 9.57. The molecule has 14 heavy (non-hydrogen) atoms. The molecule has 0 bridgehead atoms. The predicted octanol–water partition coefficient (Wildman–Crippen LogP) is 2.03. The summed E-state index contributed by atoms with van der Waals surface area (Å²) >= 11 is 0.839. The molecule has 76 valence electrons. The van der Waals surface area contributed by atoms with Crippen molar-refractivity contribution in [2.24, 2.45) is 0 Å². The van der Waals surface area contributed by atoms with Crippen LogP contribution in [0.3, 0.4) is 0 Å². The fraction of sp³-hybridized carbons (Fsp3) is 0.222. The van der Waals surface area contributed by atoms with Crippen LogP contribution < -0.4 is 4.18 Å². The number of halogens is 1. The third-order valence-corrected chi connectivity index (χ3v) is 2.04. The summed E-state index contributed by atoms with van der Waals surface area (Å²) in [6.07, 6.45) is 0. The lowest BCUT2D eigenvalue weighted by molar-refractivity contribution is -0.137. The van der Waals surface area contributed by atoms with Gasteiger partial charge >= 0.3 is 5.97 Å². The zero-order valence-electron chi connectivity index (χ0n) is 7.53. The summed E-state index contributed by atoms with van der Waals surface area (Å²) in [5, 5.41) is 0. The Labute approximate surface area is 85.4 Å². The molecule has 0 spiro atoms. The molecule has 0 amide bonds. The van der Waals surface area contributed by atoms with E-state index in [2.05, 4.69) is 4.74 Å². The molecular formula is C9H9FO3S. The molecule has 0 fully saturated rings. The highest BCUT2D eigenvalue weighted by atomic mass is 32.2. The Morgan fingerprint density at radius 2 is 2.21 bits per heavy atom. The molecule has 0 aliphatic carbocycles. The predicted molar refractivity (Wildman–Crippen MR) is 51.5 cm³/mol. The van der Waals surface area contributed by atoms with Gasteiger partial charge in [-0.15, -0.1) is 0 Å². The zero-order valence-corrected chi connectivity index (χ0v) is 8.34. The first-order valence-electron chi connectivity index (χ1n) is 3.85. The van der Waals surface area contributed by atoms with Gasteiger partial charge < -0.3 is 8.92 Å². The van der Waals surface area contributed by atoms with Crippen LogP contribution in [-0.4, -0.2) is 18.8 Å². The second-order valence-corrected chi connectivity index (χ2v) is 3.04. The number of methoxy groups -OCH3 is 1. The number of benzene rings is 1. The Kier molecular flexibility index (Phi) is 4.25. The number of carbonyl (C=O) groups is 1. The Morgan fingerprint density at radius 1 is 1.50 bits per heavy atom. The van der Waals surface area contributed by atoms with Crippen LogP contribution in [0.1, 0.15) is 0 Å². The van der Waals surface area contributed by atoms with Gasteiger partial charge in [-0.3, -0.25) is 4.79 Å². The van der Waals surface area contributed by atoms with Gasteiger partial charge in [0.05, 0.1) is 19.2 Å². The molecule has 0 saturated carbocycles. The van der Waals surface area contributed by atoms with Gasteiger partial charge in [-0.25, -0.2) is 4.39 Å². The van der Waals surface area contributed by atoms with E-state index in [9.17, 15) is 9.18 Å². The highest BCUT2D eigenvalue weighted by molar-refractivity contribution is 7.95. The lowest BCUT2D eigenvalue weighted by atomic mass is 10.3. The number of carbonyl (C=O) groups excluding carboxylic acids is 1. The summed E-state index contributed by atoms with van der Waals surface area (Å²) in [6, 6.07) is 5.98. The van der Waals surface area contributed by atoms with Gasteiger partial charge in [-0.1, -0.05) is 12.1 Å². The standard InChI is InChI=1S/C9H9FO3S/c1-12-9(11)6-14-13-8-5-3-2-4-7(8)10/h2-5H,6H2,1H3. The third kappa shape index (κ3) is 3.26. The van der Waals surface area contributed by atoms with Crippen LogP contribution in [-0.2, 0) is 9.53 Å². The summed E-state index contributed by atoms with van der Waals surface area (Å²) in [5.74, 6) is -0.720. The molecule has 0 radical (unpaired) electrons. The first kappa shape index (κ1) is 10.8. The second-order valence-electron chi connectivity index (χ2n) is 2.35. The first-order chi connectivity index (χ1) is 6.74. The molecule has 0 aliphatic heterocycles. The van der Waals surface area contributed by atoms with E-state index in [0.29, 0.717) is 0 Å². The van der Waals surface area contributed by atoms with Crippen LogP contribution in [0.2, 0.25) is 0 Å². The molecule has 0 aliphatic rings. The van der Waals surface area contributed by atoms with Gasteiger partial charge in [0.2, 0.25) is 0 Å². The molecule has 0 saturated heterocycles. The summed E-state index contributed by atoms with van der Waals surface area (Å²) < 4.78 is 22.3. The van der Waals surface area contributed by atoms with Crippen molar-refractivity contribution in [1.29, 1.82) is 0 Å². The number of rotatable bonds is 4. The number of hydrogen-bond donors (Lipinski definition) is 0. The van der Waals surface area contributed by atoms with Gasteiger partial charge in [-0.2, -0.15) is 0 Å². The Morgan fingerprint density at radius 3 is 2.86 bits per heavy atom. The maximum absolute atomic E-state index is 12.9. The largest absolute Gasteiger partial charge is 0.468 e. The van der Waals surface area contributed by atoms with Crippen LogP contribution in [0.25, 0.3) is 0 Å². The molecule has 0 N–H and O–H groups in total. The van der Waals surface area contributed by atoms with Crippen molar-refractivity contribution in [2.45, 2.75) is 0 Å². The lowest BCUT2D eigenvalue weighted by Crippen LogP contribution is -2.04. The van der Waals surface area contributed by atoms with Crippen molar-refractivity contribution in [1.82, 2.24) is 0 Å². The van der Waals surface area contributed by atoms with E-state index in [4.69, 9.17) is 4.18 Å². The smallest absolute Gasteiger partial charge is 0.319 e. The van der Waals surface area contributed by atoms with Crippen LogP contribution in [0, 0.1) is 5.82 Å². The number of hydrogen-bond acceptors (Lipinski definition) is 4. The van der Waals surface area contributed by atoms with Crippen molar-refractivity contribution >= 4 is 18.0 Å². The minimum absolute atomic E-state index is 0.0326. The van der Waals surface area contributed by atoms with Gasteiger partial charge in [-0.05, 0) is 12.1 Å². The average molecular weight is 216 g/mol. The molecule has 5 heteroatoms. The number of esters is 1. The van der Waals surface area contributed by atoms with E-state index in [1.807, 2.05) is 0 Å². The molecular weight excluding hydrogens is 207 g/mol. The summed E-state index contributed by atoms with van der Waals surface area (Å²) in [5.41, 5.74) is 0. The van der Waals surface area contributed by atoms with Crippen molar-refractivity contribution in [2.75, 3.05) is 12.9 Å². The van der Waals surface area contributed by atoms with Crippen LogP contribution in [0.5, 0.6) is 5.75 Å². The highest BCUT2D eigenvalue weighted by Crippen LogP contribution is 2.19. The first-order valence-corrected chi connectivity index (χ1v) is 4.76. The molecule has 0 atom stereocenters. The Hall–Kier alpha value is -1.23. The van der Waals surface area contributed by atoms with Gasteiger partial charge in [0.1, 0.15) is 5.75 Å². The highest BCUT2D eigenvalue weighted by Gasteiger charge is 2.05. The van der Waals surface area contributed by atoms with Crippen molar-refractivity contribution in [3.63, 3.8) is 0 Å². The van der Waals surface area contributed by atoms with Crippen LogP contribution >= 0.6 is 12.0 Å². The molecule has 0 heterocycles. The van der Waals surface area contributed by atoms with Crippen LogP contribution in [0.15, 0.2) is 24.3 Å². The Bertz CT molecular complexity index is 317. The van der Waals surface area contributed by atoms with E-state index in [0.717, 1.165) is 12.0 Å². The van der Waals surface area contributed by atoms with Crippen molar-refractivity contribution < 1.29 is 18.1 Å². The second kappa shape index (κ2) is 5.49. The van der Waals surface area contributed by atoms with Crippen molar-refractivity contribution in [3.8, 4) is 5.75 Å². The fourth-order valence-corrected chi connectivity index (χ4v) is 1.25. The molecule has 1 rings (SSSR count). The number of para-hydroxylation sites is 1. The van der Waals surface area contributed by atoms with E-state index >= 15 is 0 Å². The zero-order chi connectivity index (χ0) is 10.4. The summed E-state index contributed by atoms with van der Waals surface area (Å²) in [6.45, 7) is 0. The minimum Gasteiger partial charge on any atom is -0.468 e. The van der Waals surface area contributed by atoms with E-state index in [-0.39, 0.29) is 11.5 Å². The van der Waals surface area contributed by atoms with E-state index < -0.39 is 11.8 Å². The maximum Gasteiger partial charge on any atom is 0.319 e. The SMILES string of the molecule is COC(=O)CSOc1ccccc1F. The number of ether oxygens (including phenoxy) is 1. The minimum atomic E-state index is -0.454. The monoisotopic (exact) mass is 216 g/mol. The van der Waals surface area contributed by atoms with E-state index in [1.54, 1.807) is 12.1 Å². The fourth-order valence-electron chi connectivity index (χ4n) is 0.712. The third-order valence-electron chi connectivity index (χ3n) is 1.39. The molecule has 0 aromatic heterocycles. The summed E-state index contributed by atoms with van der Waals surface area (Å²) in [7, 11) is 1.28. The molecule has 3 nitrogen and oxygen atoms in total. The maximum atomic E-state index is 12.9. The molecule has 1 aromatic carbocycles. The quantitative estimate of drug-likeness (QED) is 0.570. The molecule has 0 unspecified atom stereocenters. The Balaban J connectivity index is 2.39. The van der Waals surface area contributed by atoms with Crippen LogP contribution in [0.4, 0.5) is 4.39 Å². The molecule has 1 aromatic rings. The van der Waals surface area contributed by atoms with Crippen molar-refractivity contribution in [3.05, 3.63) is 30.1 Å². The van der Waals surface area contributed by atoms with E-state index in [1.165, 1.54) is 19.2 Å². The topological polar surface area (TPSA) is 35.5 Å². The van der Waals surface area contributed by atoms with Gasteiger partial charge in [0.25, 0.3) is 0 Å². The van der Waals surface area contributed by atoms with Gasteiger partial charge in [0.15, 0.2) is 11.6 Å². The lowest BCUT2D eigenvalue weighted by Gasteiger charge is -2.03. The van der Waals surface area contributed by atoms with Gasteiger partial charge in [0, 0.05) is 0 Å².